The molecule has 0 bridgehead atoms. The Kier molecular flexibility index (Phi) is 9.71. The summed E-state index contributed by atoms with van der Waals surface area (Å²) < 4.78 is 16.7. The number of aryl methyl sites for hydroxylation is 1. The van der Waals surface area contributed by atoms with Gasteiger partial charge >= 0.3 is 0 Å². The van der Waals surface area contributed by atoms with Gasteiger partial charge in [-0.25, -0.2) is 9.07 Å². The van der Waals surface area contributed by atoms with Crippen LogP contribution in [0.25, 0.3) is 0 Å². The number of rotatable bonds is 6. The number of hydrogen-bond acceptors (Lipinski definition) is 8. The van der Waals surface area contributed by atoms with Crippen LogP contribution < -0.4 is 21.1 Å². The molecule has 0 radical (unpaired) electrons. The molecule has 2 N–H and O–H groups in total. The first-order chi connectivity index (χ1) is 24.5. The smallest absolute Gasteiger partial charge is 0.271 e. The molecule has 4 saturated heterocycles. The third-order valence-electron chi connectivity index (χ3n) is 11.9. The number of anilines is 2. The largest absolute Gasteiger partial charge is 0.379 e. The van der Waals surface area contributed by atoms with E-state index in [1.165, 1.54) is 16.3 Å². The number of imide groups is 1. The molecule has 3 unspecified atom stereocenters. The minimum atomic E-state index is -0.501. The van der Waals surface area contributed by atoms with Crippen LogP contribution in [0.15, 0.2) is 53.5 Å². The molecule has 274 valence electrons. The first kappa shape index (κ1) is 34.9. The summed E-state index contributed by atoms with van der Waals surface area (Å²) in [5.74, 6) is -1.11. The molecule has 4 aliphatic rings. The Morgan fingerprint density at radius 2 is 1.65 bits per heavy atom. The molecule has 1 spiro atoms. The predicted octanol–water partition coefficient (Wildman–Crippen LogP) is 4.66. The molecule has 0 saturated carbocycles. The fourth-order valence-electron chi connectivity index (χ4n) is 8.68. The van der Waals surface area contributed by atoms with Crippen LogP contribution in [-0.4, -0.2) is 89.7 Å². The van der Waals surface area contributed by atoms with Crippen molar-refractivity contribution in [2.75, 3.05) is 56.5 Å². The lowest BCUT2D eigenvalue weighted by molar-refractivity contribution is -0.134. The van der Waals surface area contributed by atoms with Crippen LogP contribution in [-0.2, 0) is 16.6 Å². The van der Waals surface area contributed by atoms with Crippen molar-refractivity contribution >= 4 is 29.1 Å². The summed E-state index contributed by atoms with van der Waals surface area (Å²) in [4.78, 5) is 56.2. The maximum Gasteiger partial charge on any atom is 0.271 e. The van der Waals surface area contributed by atoms with Gasteiger partial charge in [-0.3, -0.25) is 24.5 Å². The van der Waals surface area contributed by atoms with Crippen molar-refractivity contribution in [3.8, 4) is 0 Å². The molecule has 1 aromatic heterocycles. The third-order valence-corrected chi connectivity index (χ3v) is 11.9. The van der Waals surface area contributed by atoms with Crippen LogP contribution in [0.3, 0.4) is 0 Å². The van der Waals surface area contributed by atoms with Crippen molar-refractivity contribution < 1.29 is 21.6 Å². The average Bonchev–Trinajstić information content (AvgIpc) is 3.12. The molecule has 3 aromatic rings. The van der Waals surface area contributed by atoms with Crippen LogP contribution in [0, 0.1) is 18.2 Å². The van der Waals surface area contributed by atoms with Gasteiger partial charge in [-0.05, 0) is 99.2 Å². The zero-order chi connectivity index (χ0) is 35.9. The number of carbonyl (C=O) groups is 3. The second-order valence-corrected chi connectivity index (χ2v) is 15.2. The Labute approximate surface area is 301 Å². The molecule has 3 amide bonds. The van der Waals surface area contributed by atoms with E-state index >= 15 is 4.39 Å². The number of nitrogens with one attached hydrogen (secondary N) is 2. The first-order valence-corrected chi connectivity index (χ1v) is 18.2. The van der Waals surface area contributed by atoms with Gasteiger partial charge in [0.05, 0.1) is 23.5 Å². The summed E-state index contributed by atoms with van der Waals surface area (Å²) >= 11 is 0. The molecule has 7 rings (SSSR count). The van der Waals surface area contributed by atoms with Crippen molar-refractivity contribution in [1.82, 2.24) is 24.9 Å². The Balaban J connectivity index is 0.00000271. The summed E-state index contributed by atoms with van der Waals surface area (Å²) in [6.45, 7) is 6.54. The predicted molar refractivity (Wildman–Crippen MR) is 198 cm³/mol. The number of piperidine rings is 4. The van der Waals surface area contributed by atoms with E-state index in [0.29, 0.717) is 47.8 Å². The average molecular weight is 702 g/mol. The Hall–Kier alpha value is -4.58. The van der Waals surface area contributed by atoms with E-state index < -0.39 is 5.92 Å². The van der Waals surface area contributed by atoms with Gasteiger partial charge in [0.25, 0.3) is 11.5 Å². The van der Waals surface area contributed by atoms with E-state index in [1.807, 2.05) is 30.0 Å². The SMILES string of the molecule is Cc1c(NC2CC(c3ccc(C(=O)N4CCC5(CC4)CCN(c4ccc(C6CCC(=O)NC6=O)cc4F)CC5)cc3)CN(C)C2)cnn(C)c1=O.[HH].[HH]. The summed E-state index contributed by atoms with van der Waals surface area (Å²) in [5.41, 5.74) is 4.57. The summed E-state index contributed by atoms with van der Waals surface area (Å²) in [5, 5.41) is 10.1. The molecule has 4 aliphatic heterocycles. The minimum Gasteiger partial charge on any atom is -0.379 e. The fourth-order valence-corrected chi connectivity index (χ4v) is 8.68. The molecular formula is C39H52FN7O4. The monoisotopic (exact) mass is 701 g/mol. The lowest BCUT2D eigenvalue weighted by Gasteiger charge is -2.47. The fraction of sp³-hybridized carbons (Fsp3) is 0.513. The van der Waals surface area contributed by atoms with E-state index in [1.54, 1.807) is 19.3 Å². The number of hydrogen-bond donors (Lipinski definition) is 2. The molecule has 51 heavy (non-hydrogen) atoms. The highest BCUT2D eigenvalue weighted by Gasteiger charge is 2.39. The number of halogens is 1. The number of likely N-dealkylation sites (N-methyl/N-ethyl adjacent to an activating group) is 1. The van der Waals surface area contributed by atoms with Crippen LogP contribution >= 0.6 is 0 Å². The van der Waals surface area contributed by atoms with Gasteiger partial charge in [0.2, 0.25) is 11.8 Å². The van der Waals surface area contributed by atoms with Gasteiger partial charge in [0.1, 0.15) is 5.82 Å². The van der Waals surface area contributed by atoms with E-state index in [0.717, 1.165) is 64.0 Å². The molecule has 2 aromatic carbocycles. The van der Waals surface area contributed by atoms with Crippen molar-refractivity contribution in [2.24, 2.45) is 12.5 Å². The molecule has 0 aliphatic carbocycles. The van der Waals surface area contributed by atoms with E-state index in [9.17, 15) is 19.2 Å². The first-order valence-electron chi connectivity index (χ1n) is 18.2. The summed E-state index contributed by atoms with van der Waals surface area (Å²) in [6.07, 6.45) is 7.07. The van der Waals surface area contributed by atoms with Gasteiger partial charge in [-0.1, -0.05) is 18.2 Å². The van der Waals surface area contributed by atoms with E-state index in [2.05, 4.69) is 44.7 Å². The van der Waals surface area contributed by atoms with Gasteiger partial charge in [-0.2, -0.15) is 5.10 Å². The topological polar surface area (TPSA) is 120 Å². The Bertz CT molecular complexity index is 1870. The number of likely N-dealkylation sites (tertiary alicyclic amines) is 2. The van der Waals surface area contributed by atoms with Crippen molar-refractivity contribution in [3.05, 3.63) is 87.1 Å². The summed E-state index contributed by atoms with van der Waals surface area (Å²) in [6, 6.07) is 13.3. The third kappa shape index (κ3) is 7.28. The second-order valence-electron chi connectivity index (χ2n) is 15.2. The maximum atomic E-state index is 15.3. The molecule has 3 atom stereocenters. The van der Waals surface area contributed by atoms with Crippen LogP contribution in [0.2, 0.25) is 0 Å². The maximum absolute atomic E-state index is 15.3. The van der Waals surface area contributed by atoms with Crippen LogP contribution in [0.5, 0.6) is 0 Å². The number of aromatic nitrogens is 2. The van der Waals surface area contributed by atoms with Crippen molar-refractivity contribution in [3.63, 3.8) is 0 Å². The van der Waals surface area contributed by atoms with Crippen LogP contribution in [0.1, 0.15) is 86.7 Å². The highest BCUT2D eigenvalue weighted by molar-refractivity contribution is 6.01. The van der Waals surface area contributed by atoms with E-state index in [4.69, 9.17) is 0 Å². The van der Waals surface area contributed by atoms with Gasteiger partial charge in [0, 0.05) is 72.8 Å². The number of amides is 3. The van der Waals surface area contributed by atoms with Crippen molar-refractivity contribution in [2.45, 2.75) is 69.7 Å². The van der Waals surface area contributed by atoms with Gasteiger partial charge in [0.15, 0.2) is 0 Å². The molecular weight excluding hydrogens is 649 g/mol. The highest BCUT2D eigenvalue weighted by Crippen LogP contribution is 2.43. The lowest BCUT2D eigenvalue weighted by atomic mass is 9.71. The number of nitrogens with zero attached hydrogens (tertiary/aromatic N) is 5. The van der Waals surface area contributed by atoms with Crippen molar-refractivity contribution in [1.29, 1.82) is 0 Å². The quantitative estimate of drug-likeness (QED) is 0.357. The van der Waals surface area contributed by atoms with E-state index in [-0.39, 0.29) is 49.8 Å². The Morgan fingerprint density at radius 3 is 2.33 bits per heavy atom. The van der Waals surface area contributed by atoms with Gasteiger partial charge in [-0.15, -0.1) is 0 Å². The highest BCUT2D eigenvalue weighted by atomic mass is 19.1. The normalized spacial score (nSPS) is 24.0. The minimum absolute atomic E-state index is 0. The Morgan fingerprint density at radius 1 is 0.961 bits per heavy atom. The standard InChI is InChI=1S/C39H48FN7O4.2H2/c1-25-33(22-41-45(3)37(25)50)42-30-20-29(23-44(2)24-30)26-4-6-27(7-5-26)38(51)47-18-14-39(15-19-47)12-16-46(17-13-39)34-10-8-28(21-32(34)40)31-9-11-35(48)43-36(31)49;;/h4-8,10,21-22,29-31,42H,9,11-20,23-24H2,1-3H3,(H,43,48,49);2*1H. The molecule has 5 heterocycles. The zero-order valence-corrected chi connectivity index (χ0v) is 29.8. The van der Waals surface area contributed by atoms with Gasteiger partial charge < -0.3 is 20.0 Å². The summed E-state index contributed by atoms with van der Waals surface area (Å²) in [7, 11) is 3.77. The lowest BCUT2D eigenvalue weighted by Crippen LogP contribution is -2.48. The molecule has 12 heteroatoms. The number of carbonyl (C=O) groups excluding carboxylic acids is 3. The molecule has 4 fully saturated rings. The molecule has 11 nitrogen and oxygen atoms in total. The second kappa shape index (κ2) is 14.2. The number of benzene rings is 2. The van der Waals surface area contributed by atoms with Crippen LogP contribution in [0.4, 0.5) is 15.8 Å². The zero-order valence-electron chi connectivity index (χ0n) is 29.8.